The molecule has 0 bridgehead atoms. The minimum absolute atomic E-state index is 0.0789. The maximum absolute atomic E-state index is 12.8. The average molecular weight is 304 g/mol. The number of para-hydroxylation sites is 2. The monoisotopic (exact) mass is 304 g/mol. The van der Waals surface area contributed by atoms with E-state index in [1.54, 1.807) is 30.3 Å². The normalized spacial score (nSPS) is 10.1. The number of rotatable bonds is 7. The molecule has 0 saturated heterocycles. The zero-order valence-corrected chi connectivity index (χ0v) is 12.3. The summed E-state index contributed by atoms with van der Waals surface area (Å²) in [6.07, 6.45) is 0. The van der Waals surface area contributed by atoms with Crippen molar-refractivity contribution in [3.63, 3.8) is 0 Å². The molecule has 0 radical (unpaired) electrons. The van der Waals surface area contributed by atoms with Gasteiger partial charge in [0.1, 0.15) is 12.4 Å². The highest BCUT2D eigenvalue weighted by Gasteiger charge is 2.08. The van der Waals surface area contributed by atoms with Crippen LogP contribution < -0.4 is 9.47 Å². The van der Waals surface area contributed by atoms with Crippen molar-refractivity contribution in [3.05, 3.63) is 59.9 Å². The lowest BCUT2D eigenvalue weighted by Gasteiger charge is -2.11. The molecule has 116 valence electrons. The molecule has 0 spiro atoms. The molecule has 0 N–H and O–H groups in total. The van der Waals surface area contributed by atoms with E-state index in [9.17, 15) is 9.18 Å². The van der Waals surface area contributed by atoms with E-state index in [0.717, 1.165) is 0 Å². The molecule has 5 heteroatoms. The van der Waals surface area contributed by atoms with Gasteiger partial charge in [-0.25, -0.2) is 9.18 Å². The molecule has 0 unspecified atom stereocenters. The van der Waals surface area contributed by atoms with Gasteiger partial charge in [-0.15, -0.1) is 0 Å². The summed E-state index contributed by atoms with van der Waals surface area (Å²) in [6, 6.07) is 12.9. The largest absolute Gasteiger partial charge is 0.490 e. The third kappa shape index (κ3) is 4.77. The summed E-state index contributed by atoms with van der Waals surface area (Å²) in [5, 5.41) is 0. The van der Waals surface area contributed by atoms with E-state index >= 15 is 0 Å². The average Bonchev–Trinajstić information content (AvgIpc) is 2.54. The number of hydrogen-bond acceptors (Lipinski definition) is 4. The van der Waals surface area contributed by atoms with Crippen LogP contribution in [0, 0.1) is 5.82 Å². The van der Waals surface area contributed by atoms with Crippen LogP contribution in [0.5, 0.6) is 11.5 Å². The Morgan fingerprint density at radius 2 is 1.64 bits per heavy atom. The number of esters is 1. The molecule has 4 nitrogen and oxygen atoms in total. The second kappa shape index (κ2) is 8.02. The van der Waals surface area contributed by atoms with Crippen LogP contribution in [0.25, 0.3) is 0 Å². The summed E-state index contributed by atoms with van der Waals surface area (Å²) < 4.78 is 28.6. The van der Waals surface area contributed by atoms with Crippen LogP contribution in [-0.4, -0.2) is 19.2 Å². The maximum Gasteiger partial charge on any atom is 0.344 e. The number of carbonyl (C=O) groups is 1. The van der Waals surface area contributed by atoms with Gasteiger partial charge in [-0.05, 0) is 36.8 Å². The molecule has 0 heterocycles. The summed E-state index contributed by atoms with van der Waals surface area (Å²) in [5.41, 5.74) is 0.712. The molecule has 0 aromatic heterocycles. The third-order valence-corrected chi connectivity index (χ3v) is 2.81. The van der Waals surface area contributed by atoms with Crippen molar-refractivity contribution in [2.24, 2.45) is 0 Å². The van der Waals surface area contributed by atoms with E-state index in [1.807, 2.05) is 13.0 Å². The second-order valence-electron chi connectivity index (χ2n) is 4.46. The summed E-state index contributed by atoms with van der Waals surface area (Å²) in [7, 11) is 0. The molecular weight excluding hydrogens is 287 g/mol. The smallest absolute Gasteiger partial charge is 0.344 e. The Labute approximate surface area is 128 Å². The zero-order chi connectivity index (χ0) is 15.8. The molecular formula is C17H17FO4. The van der Waals surface area contributed by atoms with Gasteiger partial charge in [0.2, 0.25) is 0 Å². The second-order valence-corrected chi connectivity index (χ2v) is 4.46. The fourth-order valence-electron chi connectivity index (χ4n) is 1.77. The molecule has 0 aliphatic carbocycles. The molecule has 2 aromatic rings. The van der Waals surface area contributed by atoms with Gasteiger partial charge in [-0.3, -0.25) is 0 Å². The van der Waals surface area contributed by atoms with Crippen LogP contribution in [0.4, 0.5) is 4.39 Å². The van der Waals surface area contributed by atoms with Crippen molar-refractivity contribution < 1.29 is 23.4 Å². The van der Waals surface area contributed by atoms with Crippen LogP contribution >= 0.6 is 0 Å². The Morgan fingerprint density at radius 1 is 1.00 bits per heavy atom. The fourth-order valence-corrected chi connectivity index (χ4v) is 1.77. The topological polar surface area (TPSA) is 44.8 Å². The van der Waals surface area contributed by atoms with E-state index in [2.05, 4.69) is 0 Å². The predicted molar refractivity (Wildman–Crippen MR) is 79.3 cm³/mol. The van der Waals surface area contributed by atoms with Crippen molar-refractivity contribution in [2.45, 2.75) is 13.5 Å². The van der Waals surface area contributed by atoms with E-state index in [0.29, 0.717) is 23.7 Å². The van der Waals surface area contributed by atoms with Crippen molar-refractivity contribution in [1.82, 2.24) is 0 Å². The Balaban J connectivity index is 1.81. The summed E-state index contributed by atoms with van der Waals surface area (Å²) in [5.74, 6) is 0.237. The molecule has 0 saturated carbocycles. The molecule has 0 aliphatic rings. The van der Waals surface area contributed by atoms with Gasteiger partial charge in [0.05, 0.1) is 6.61 Å². The van der Waals surface area contributed by atoms with Gasteiger partial charge in [-0.1, -0.05) is 24.3 Å². The molecule has 0 amide bonds. The highest BCUT2D eigenvalue weighted by Crippen LogP contribution is 2.26. The van der Waals surface area contributed by atoms with Gasteiger partial charge in [0.25, 0.3) is 0 Å². The van der Waals surface area contributed by atoms with Gasteiger partial charge < -0.3 is 14.2 Å². The highest BCUT2D eigenvalue weighted by atomic mass is 19.1. The minimum atomic E-state index is -0.504. The first-order valence-electron chi connectivity index (χ1n) is 6.93. The molecule has 22 heavy (non-hydrogen) atoms. The number of halogens is 1. The first kappa shape index (κ1) is 15.8. The van der Waals surface area contributed by atoms with Crippen molar-refractivity contribution in [1.29, 1.82) is 0 Å². The van der Waals surface area contributed by atoms with E-state index in [4.69, 9.17) is 14.2 Å². The van der Waals surface area contributed by atoms with Crippen molar-refractivity contribution in [2.75, 3.05) is 13.2 Å². The Morgan fingerprint density at radius 3 is 2.27 bits per heavy atom. The van der Waals surface area contributed by atoms with Crippen LogP contribution in [0.2, 0.25) is 0 Å². The van der Waals surface area contributed by atoms with Gasteiger partial charge >= 0.3 is 5.97 Å². The standard InChI is InChI=1S/C17H17FO4/c1-2-20-15-5-3-4-6-16(15)21-12-17(19)22-11-13-7-9-14(18)10-8-13/h3-10H,2,11-12H2,1H3. The quantitative estimate of drug-likeness (QED) is 0.736. The maximum atomic E-state index is 12.8. The summed E-state index contributed by atoms with van der Waals surface area (Å²) in [6.45, 7) is 2.24. The van der Waals surface area contributed by atoms with E-state index in [-0.39, 0.29) is 19.0 Å². The minimum Gasteiger partial charge on any atom is -0.490 e. The molecule has 0 fully saturated rings. The molecule has 0 atom stereocenters. The van der Waals surface area contributed by atoms with Gasteiger partial charge in [0, 0.05) is 0 Å². The van der Waals surface area contributed by atoms with Gasteiger partial charge in [-0.2, -0.15) is 0 Å². The van der Waals surface area contributed by atoms with Crippen LogP contribution in [0.3, 0.4) is 0 Å². The highest BCUT2D eigenvalue weighted by molar-refractivity contribution is 5.71. The summed E-state index contributed by atoms with van der Waals surface area (Å²) >= 11 is 0. The lowest BCUT2D eigenvalue weighted by Crippen LogP contribution is -2.15. The fraction of sp³-hybridized carbons (Fsp3) is 0.235. The van der Waals surface area contributed by atoms with Crippen molar-refractivity contribution in [3.8, 4) is 11.5 Å². The Bertz CT molecular complexity index is 610. The molecule has 2 rings (SSSR count). The zero-order valence-electron chi connectivity index (χ0n) is 12.3. The first-order valence-corrected chi connectivity index (χ1v) is 6.93. The van der Waals surface area contributed by atoms with Gasteiger partial charge in [0.15, 0.2) is 18.1 Å². The predicted octanol–water partition coefficient (Wildman–Crippen LogP) is 3.35. The van der Waals surface area contributed by atoms with Crippen LogP contribution in [0.1, 0.15) is 12.5 Å². The summed E-state index contributed by atoms with van der Waals surface area (Å²) in [4.78, 5) is 11.7. The number of benzene rings is 2. The third-order valence-electron chi connectivity index (χ3n) is 2.81. The van der Waals surface area contributed by atoms with Crippen LogP contribution in [-0.2, 0) is 16.1 Å². The van der Waals surface area contributed by atoms with E-state index in [1.165, 1.54) is 12.1 Å². The SMILES string of the molecule is CCOc1ccccc1OCC(=O)OCc1ccc(F)cc1. The lowest BCUT2D eigenvalue weighted by molar-refractivity contribution is -0.147. The lowest BCUT2D eigenvalue weighted by atomic mass is 10.2. The number of ether oxygens (including phenoxy) is 3. The number of carbonyl (C=O) groups excluding carboxylic acids is 1. The van der Waals surface area contributed by atoms with Crippen molar-refractivity contribution >= 4 is 5.97 Å². The Kier molecular flexibility index (Phi) is 5.77. The first-order chi connectivity index (χ1) is 10.7. The Hall–Kier alpha value is -2.56. The number of hydrogen-bond donors (Lipinski definition) is 0. The van der Waals surface area contributed by atoms with E-state index < -0.39 is 5.97 Å². The molecule has 0 aliphatic heterocycles. The molecule has 2 aromatic carbocycles. The van der Waals surface area contributed by atoms with Crippen LogP contribution in [0.15, 0.2) is 48.5 Å².